The highest BCUT2D eigenvalue weighted by molar-refractivity contribution is 9.11. The highest BCUT2D eigenvalue weighted by atomic mass is 79.9. The predicted octanol–water partition coefficient (Wildman–Crippen LogP) is 1.97. The summed E-state index contributed by atoms with van der Waals surface area (Å²) >= 11 is 4.91. The van der Waals surface area contributed by atoms with E-state index in [-0.39, 0.29) is 11.8 Å². The zero-order valence-corrected chi connectivity index (χ0v) is 9.11. The monoisotopic (exact) mass is 247 g/mol. The van der Waals surface area contributed by atoms with E-state index in [4.69, 9.17) is 5.73 Å². The molecule has 0 aliphatic heterocycles. The molecule has 0 fully saturated rings. The van der Waals surface area contributed by atoms with Crippen LogP contribution in [0.3, 0.4) is 0 Å². The number of carbonyl (C=O) groups is 1. The molecule has 0 aliphatic carbocycles. The first kappa shape index (κ1) is 9.89. The van der Waals surface area contributed by atoms with E-state index < -0.39 is 0 Å². The minimum atomic E-state index is -0.356. The molecule has 1 aromatic heterocycles. The molecule has 2 nitrogen and oxygen atoms in total. The molecule has 0 amide bonds. The summed E-state index contributed by atoms with van der Waals surface area (Å²) in [4.78, 5) is 12.2. The lowest BCUT2D eigenvalue weighted by Crippen LogP contribution is -2.27. The quantitative estimate of drug-likeness (QED) is 0.888. The van der Waals surface area contributed by atoms with Gasteiger partial charge in [0, 0.05) is 11.3 Å². The molecule has 1 heterocycles. The van der Waals surface area contributed by atoms with Crippen molar-refractivity contribution in [2.24, 2.45) is 5.73 Å². The lowest BCUT2D eigenvalue weighted by Gasteiger charge is -2.00. The van der Waals surface area contributed by atoms with Crippen molar-refractivity contribution in [2.75, 3.05) is 0 Å². The van der Waals surface area contributed by atoms with Gasteiger partial charge in [0.05, 0.1) is 9.83 Å². The van der Waals surface area contributed by atoms with Crippen molar-refractivity contribution in [3.8, 4) is 0 Å². The third kappa shape index (κ3) is 2.69. The van der Waals surface area contributed by atoms with Gasteiger partial charge in [-0.1, -0.05) is 0 Å². The fourth-order valence-corrected chi connectivity index (χ4v) is 2.27. The number of thiophene rings is 1. The van der Waals surface area contributed by atoms with E-state index in [9.17, 15) is 4.79 Å². The highest BCUT2D eigenvalue weighted by Gasteiger charge is 2.09. The van der Waals surface area contributed by atoms with Crippen LogP contribution in [0.5, 0.6) is 0 Å². The topological polar surface area (TPSA) is 43.1 Å². The van der Waals surface area contributed by atoms with Crippen LogP contribution in [0.4, 0.5) is 0 Å². The van der Waals surface area contributed by atoms with Gasteiger partial charge in [-0.2, -0.15) is 0 Å². The predicted molar refractivity (Wildman–Crippen MR) is 54.4 cm³/mol. The molecule has 0 saturated heterocycles. The van der Waals surface area contributed by atoms with Crippen LogP contribution in [0.2, 0.25) is 0 Å². The Labute approximate surface area is 83.9 Å². The van der Waals surface area contributed by atoms with Gasteiger partial charge in [0.1, 0.15) is 0 Å². The molecular weight excluding hydrogens is 238 g/mol. The SMILES string of the molecule is CC(N)C(=O)Cc1ccc(Br)s1. The van der Waals surface area contributed by atoms with Crippen LogP contribution < -0.4 is 5.73 Å². The van der Waals surface area contributed by atoms with E-state index in [2.05, 4.69) is 15.9 Å². The van der Waals surface area contributed by atoms with Gasteiger partial charge in [0.15, 0.2) is 5.78 Å². The Hall–Kier alpha value is -0.190. The van der Waals surface area contributed by atoms with E-state index in [1.54, 1.807) is 18.3 Å². The Kier molecular flexibility index (Phi) is 3.43. The lowest BCUT2D eigenvalue weighted by molar-refractivity contribution is -0.119. The number of carbonyl (C=O) groups excluding carboxylic acids is 1. The average molecular weight is 248 g/mol. The minimum Gasteiger partial charge on any atom is -0.322 e. The second kappa shape index (κ2) is 4.16. The molecule has 66 valence electrons. The molecule has 0 spiro atoms. The fraction of sp³-hybridized carbons (Fsp3) is 0.375. The second-order valence-electron chi connectivity index (χ2n) is 2.64. The van der Waals surface area contributed by atoms with E-state index in [1.807, 2.05) is 12.1 Å². The second-order valence-corrected chi connectivity index (χ2v) is 5.19. The minimum absolute atomic E-state index is 0.0874. The maximum Gasteiger partial charge on any atom is 0.154 e. The van der Waals surface area contributed by atoms with Gasteiger partial charge in [-0.3, -0.25) is 4.79 Å². The molecule has 2 N–H and O–H groups in total. The molecule has 0 aliphatic rings. The zero-order valence-electron chi connectivity index (χ0n) is 6.71. The van der Waals surface area contributed by atoms with Crippen LogP contribution in [0.25, 0.3) is 0 Å². The van der Waals surface area contributed by atoms with E-state index in [0.717, 1.165) is 8.66 Å². The maximum atomic E-state index is 11.2. The van der Waals surface area contributed by atoms with Crippen molar-refractivity contribution >= 4 is 33.0 Å². The summed E-state index contributed by atoms with van der Waals surface area (Å²) in [6.07, 6.45) is 0.452. The van der Waals surface area contributed by atoms with Crippen molar-refractivity contribution in [3.05, 3.63) is 20.8 Å². The Balaban J connectivity index is 2.58. The molecule has 4 heteroatoms. The first-order chi connectivity index (χ1) is 5.59. The van der Waals surface area contributed by atoms with Crippen molar-refractivity contribution in [1.82, 2.24) is 0 Å². The number of Topliss-reactive ketones (excluding diaryl/α,β-unsaturated/α-hetero) is 1. The molecule has 12 heavy (non-hydrogen) atoms. The largest absolute Gasteiger partial charge is 0.322 e. The van der Waals surface area contributed by atoms with Crippen molar-refractivity contribution in [3.63, 3.8) is 0 Å². The summed E-state index contributed by atoms with van der Waals surface area (Å²) in [5.41, 5.74) is 5.43. The average Bonchev–Trinajstić information content (AvgIpc) is 2.35. The molecule has 1 aromatic rings. The van der Waals surface area contributed by atoms with E-state index in [1.165, 1.54) is 0 Å². The Morgan fingerprint density at radius 3 is 2.83 bits per heavy atom. The van der Waals surface area contributed by atoms with Crippen LogP contribution in [-0.2, 0) is 11.2 Å². The van der Waals surface area contributed by atoms with E-state index >= 15 is 0 Å². The Morgan fingerprint density at radius 1 is 1.75 bits per heavy atom. The Morgan fingerprint density at radius 2 is 2.42 bits per heavy atom. The number of hydrogen-bond donors (Lipinski definition) is 1. The molecule has 0 aromatic carbocycles. The van der Waals surface area contributed by atoms with Gasteiger partial charge < -0.3 is 5.73 Å². The maximum absolute atomic E-state index is 11.2. The van der Waals surface area contributed by atoms with Crippen LogP contribution >= 0.6 is 27.3 Å². The molecule has 0 radical (unpaired) electrons. The highest BCUT2D eigenvalue weighted by Crippen LogP contribution is 2.22. The summed E-state index contributed by atoms with van der Waals surface area (Å²) < 4.78 is 1.05. The number of ketones is 1. The van der Waals surface area contributed by atoms with Crippen LogP contribution in [-0.4, -0.2) is 11.8 Å². The van der Waals surface area contributed by atoms with Gasteiger partial charge in [0.2, 0.25) is 0 Å². The summed E-state index contributed by atoms with van der Waals surface area (Å²) in [5, 5.41) is 0. The van der Waals surface area contributed by atoms with Gasteiger partial charge >= 0.3 is 0 Å². The van der Waals surface area contributed by atoms with Gasteiger partial charge in [-0.25, -0.2) is 0 Å². The molecular formula is C8H10BrNOS. The third-order valence-electron chi connectivity index (χ3n) is 1.49. The number of rotatable bonds is 3. The number of hydrogen-bond acceptors (Lipinski definition) is 3. The molecule has 1 rings (SSSR count). The van der Waals surface area contributed by atoms with E-state index in [0.29, 0.717) is 6.42 Å². The number of nitrogens with two attached hydrogens (primary N) is 1. The van der Waals surface area contributed by atoms with Crippen LogP contribution in [0.1, 0.15) is 11.8 Å². The summed E-state index contributed by atoms with van der Waals surface area (Å²) in [6, 6.07) is 3.52. The fourth-order valence-electron chi connectivity index (χ4n) is 0.779. The summed E-state index contributed by atoms with van der Waals surface area (Å²) in [5.74, 6) is 0.0874. The number of halogens is 1. The first-order valence-corrected chi connectivity index (χ1v) is 5.23. The molecule has 0 saturated carbocycles. The molecule has 1 unspecified atom stereocenters. The van der Waals surface area contributed by atoms with Gasteiger partial charge in [0.25, 0.3) is 0 Å². The standard InChI is InChI=1S/C8H10BrNOS/c1-5(10)7(11)4-6-2-3-8(9)12-6/h2-3,5H,4,10H2,1H3. The molecule has 0 bridgehead atoms. The molecule has 1 atom stereocenters. The summed E-state index contributed by atoms with van der Waals surface area (Å²) in [7, 11) is 0. The van der Waals surface area contributed by atoms with Gasteiger partial charge in [-0.05, 0) is 35.0 Å². The summed E-state index contributed by atoms with van der Waals surface area (Å²) in [6.45, 7) is 1.71. The van der Waals surface area contributed by atoms with Crippen LogP contribution in [0.15, 0.2) is 15.9 Å². The van der Waals surface area contributed by atoms with Crippen molar-refractivity contribution in [2.45, 2.75) is 19.4 Å². The normalized spacial score (nSPS) is 12.9. The van der Waals surface area contributed by atoms with Crippen molar-refractivity contribution in [1.29, 1.82) is 0 Å². The van der Waals surface area contributed by atoms with Crippen LogP contribution in [0, 0.1) is 0 Å². The third-order valence-corrected chi connectivity index (χ3v) is 3.11. The first-order valence-electron chi connectivity index (χ1n) is 3.62. The van der Waals surface area contributed by atoms with Crippen molar-refractivity contribution < 1.29 is 4.79 Å². The van der Waals surface area contributed by atoms with Gasteiger partial charge in [-0.15, -0.1) is 11.3 Å². The Bertz CT molecular complexity index is 282. The lowest BCUT2D eigenvalue weighted by atomic mass is 10.1. The zero-order chi connectivity index (χ0) is 9.14. The smallest absolute Gasteiger partial charge is 0.154 e.